The standard InChI is InChI=1S/C60H44N6O/c1-60(2,3)40-32-33-61-53(36-40)66-52-38-46(67-45-25-17-24-44(37-45)63-35-34-62(39-63)41-18-7-4-8-19-41)30-31-49(52)56-57-54(47-26-13-15-28-50(47)64(57)42-20-9-5-10-21-42)55-48-27-14-16-29-51(48)65(58(55)59(56)66)43-22-11-6-12-23-43/h4-38H,1-3H3. The second-order valence-electron chi connectivity index (χ2n) is 18.3. The Kier molecular flexibility index (Phi) is 8.64. The van der Waals surface area contributed by atoms with Crippen molar-refractivity contribution in [1.29, 1.82) is 0 Å². The minimum atomic E-state index is -0.117. The molecule has 0 radical (unpaired) electrons. The maximum absolute atomic E-state index is 6.88. The lowest BCUT2D eigenvalue weighted by Gasteiger charge is -2.20. The smallest absolute Gasteiger partial charge is 0.268 e. The lowest BCUT2D eigenvalue weighted by molar-refractivity contribution is -0.599. The highest BCUT2D eigenvalue weighted by Crippen LogP contribution is 2.50. The summed E-state index contributed by atoms with van der Waals surface area (Å²) in [5, 5.41) is 7.05. The van der Waals surface area contributed by atoms with Crippen molar-refractivity contribution in [2.45, 2.75) is 26.2 Å². The van der Waals surface area contributed by atoms with Gasteiger partial charge >= 0.3 is 0 Å². The van der Waals surface area contributed by atoms with Crippen molar-refractivity contribution in [3.05, 3.63) is 225 Å². The highest BCUT2D eigenvalue weighted by Gasteiger charge is 2.29. The molecule has 5 aromatic heterocycles. The van der Waals surface area contributed by atoms with Crippen LogP contribution in [0.15, 0.2) is 213 Å². The van der Waals surface area contributed by atoms with Gasteiger partial charge in [-0.05, 0) is 102 Å². The molecule has 0 saturated heterocycles. The number of ether oxygens (including phenoxy) is 1. The average Bonchev–Trinajstić information content (AvgIpc) is 4.15. The highest BCUT2D eigenvalue weighted by molar-refractivity contribution is 6.40. The summed E-state index contributed by atoms with van der Waals surface area (Å²) in [5.74, 6) is 2.28. The number of hydrogen-bond donors (Lipinski definition) is 0. The Bertz CT molecular complexity index is 4040. The summed E-state index contributed by atoms with van der Waals surface area (Å²) < 4.78 is 18.2. The summed E-state index contributed by atoms with van der Waals surface area (Å²) in [4.78, 5) is 5.24. The van der Waals surface area contributed by atoms with Gasteiger partial charge in [-0.3, -0.25) is 13.7 Å². The van der Waals surface area contributed by atoms with Crippen LogP contribution in [0.1, 0.15) is 26.3 Å². The number of aromatic nitrogens is 6. The molecule has 0 aliphatic heterocycles. The SMILES string of the molecule is CC(C)(C)c1ccnc(-n2c3cc(Oc4cccc(-[n+]5[c-]n(-c6ccccc6)cc5)c4)ccc3c3c4c(c5ccccc5n4-c4ccccc4)c4c5ccccc5n(-c5ccccc5)c4c32)c1. The van der Waals surface area contributed by atoms with Crippen molar-refractivity contribution < 1.29 is 9.30 Å². The van der Waals surface area contributed by atoms with E-state index in [0.29, 0.717) is 0 Å². The third-order valence-electron chi connectivity index (χ3n) is 13.2. The quantitative estimate of drug-likeness (QED) is 0.118. The molecule has 0 fully saturated rings. The fourth-order valence-electron chi connectivity index (χ4n) is 10.2. The minimum absolute atomic E-state index is 0.117. The van der Waals surface area contributed by atoms with Crippen LogP contribution >= 0.6 is 0 Å². The van der Waals surface area contributed by atoms with Crippen LogP contribution in [0.25, 0.3) is 94.0 Å². The molecule has 13 rings (SSSR count). The second kappa shape index (κ2) is 14.9. The van der Waals surface area contributed by atoms with Gasteiger partial charge in [-0.1, -0.05) is 118 Å². The molecule has 0 spiro atoms. The molecular weight excluding hydrogens is 821 g/mol. The van der Waals surface area contributed by atoms with Gasteiger partial charge in [0.25, 0.3) is 6.33 Å². The number of benzene rings is 8. The summed E-state index contributed by atoms with van der Waals surface area (Å²) in [5.41, 5.74) is 11.9. The Morgan fingerprint density at radius 1 is 0.478 bits per heavy atom. The zero-order chi connectivity index (χ0) is 44.8. The van der Waals surface area contributed by atoms with Crippen molar-refractivity contribution in [3.63, 3.8) is 0 Å². The molecule has 0 bridgehead atoms. The molecule has 5 heterocycles. The number of rotatable bonds is 7. The fraction of sp³-hybridized carbons (Fsp3) is 0.0667. The molecule has 67 heavy (non-hydrogen) atoms. The zero-order valence-electron chi connectivity index (χ0n) is 37.3. The molecule has 0 aliphatic carbocycles. The molecule has 8 aromatic carbocycles. The van der Waals surface area contributed by atoms with E-state index >= 15 is 0 Å². The van der Waals surface area contributed by atoms with Crippen molar-refractivity contribution in [2.24, 2.45) is 0 Å². The largest absolute Gasteiger partial charge is 0.458 e. The van der Waals surface area contributed by atoms with E-state index in [-0.39, 0.29) is 5.41 Å². The molecule has 7 nitrogen and oxygen atoms in total. The van der Waals surface area contributed by atoms with E-state index in [1.807, 2.05) is 58.1 Å². The third kappa shape index (κ3) is 6.12. The van der Waals surface area contributed by atoms with Gasteiger partial charge in [0.2, 0.25) is 0 Å². The summed E-state index contributed by atoms with van der Waals surface area (Å²) in [6, 6.07) is 68.7. The van der Waals surface area contributed by atoms with E-state index < -0.39 is 0 Å². The van der Waals surface area contributed by atoms with Gasteiger partial charge in [0.05, 0.1) is 44.5 Å². The van der Waals surface area contributed by atoms with Crippen LogP contribution in [0.5, 0.6) is 11.5 Å². The molecule has 0 saturated carbocycles. The molecule has 13 aromatic rings. The number of nitrogens with zero attached hydrogens (tertiary/aromatic N) is 6. The van der Waals surface area contributed by atoms with Gasteiger partial charge in [0.1, 0.15) is 17.3 Å². The maximum atomic E-state index is 6.88. The van der Waals surface area contributed by atoms with Gasteiger partial charge in [-0.2, -0.15) is 0 Å². The summed E-state index contributed by atoms with van der Waals surface area (Å²) in [7, 11) is 0. The van der Waals surface area contributed by atoms with Gasteiger partial charge in [-0.25, -0.2) is 4.98 Å². The first-order chi connectivity index (χ1) is 32.9. The number of fused-ring (bicyclic) bond motifs is 12. The first kappa shape index (κ1) is 38.8. The monoisotopic (exact) mass is 864 g/mol. The van der Waals surface area contributed by atoms with Gasteiger partial charge in [0, 0.05) is 68.3 Å². The third-order valence-corrected chi connectivity index (χ3v) is 13.2. The van der Waals surface area contributed by atoms with E-state index in [2.05, 4.69) is 205 Å². The van der Waals surface area contributed by atoms with Crippen LogP contribution < -0.4 is 9.30 Å². The van der Waals surface area contributed by atoms with Crippen molar-refractivity contribution in [2.75, 3.05) is 0 Å². The number of pyridine rings is 1. The van der Waals surface area contributed by atoms with E-state index in [0.717, 1.165) is 83.9 Å². The zero-order valence-corrected chi connectivity index (χ0v) is 37.3. The lowest BCUT2D eigenvalue weighted by Crippen LogP contribution is -2.28. The van der Waals surface area contributed by atoms with Crippen LogP contribution in [0.3, 0.4) is 0 Å². The molecule has 0 N–H and O–H groups in total. The Labute approximate surface area is 387 Å². The molecule has 320 valence electrons. The normalized spacial score (nSPS) is 12.1. The average molecular weight is 865 g/mol. The first-order valence-electron chi connectivity index (χ1n) is 22.8. The number of hydrogen-bond acceptors (Lipinski definition) is 2. The van der Waals surface area contributed by atoms with E-state index in [1.165, 1.54) is 27.1 Å². The van der Waals surface area contributed by atoms with Crippen LogP contribution in [0.2, 0.25) is 0 Å². The topological polar surface area (TPSA) is 45.7 Å². The number of imidazole rings is 1. The van der Waals surface area contributed by atoms with E-state index in [4.69, 9.17) is 9.72 Å². The summed E-state index contributed by atoms with van der Waals surface area (Å²) in [6.07, 6.45) is 9.45. The lowest BCUT2D eigenvalue weighted by atomic mass is 9.88. The van der Waals surface area contributed by atoms with Crippen LogP contribution in [0, 0.1) is 6.33 Å². The second-order valence-corrected chi connectivity index (χ2v) is 18.3. The Balaban J connectivity index is 1.16. The molecule has 0 aliphatic rings. The predicted octanol–water partition coefficient (Wildman–Crippen LogP) is 14.3. The van der Waals surface area contributed by atoms with Crippen molar-refractivity contribution >= 4 is 65.4 Å². The Morgan fingerprint density at radius 2 is 1.04 bits per heavy atom. The fourth-order valence-corrected chi connectivity index (χ4v) is 10.2. The van der Waals surface area contributed by atoms with E-state index in [9.17, 15) is 0 Å². The van der Waals surface area contributed by atoms with Crippen LogP contribution in [0.4, 0.5) is 0 Å². The number of para-hydroxylation sites is 5. The van der Waals surface area contributed by atoms with Crippen molar-refractivity contribution in [3.8, 4) is 40.1 Å². The molecule has 7 heteroatoms. The van der Waals surface area contributed by atoms with Crippen LogP contribution in [-0.2, 0) is 5.41 Å². The predicted molar refractivity (Wildman–Crippen MR) is 272 cm³/mol. The molecular formula is C60H44N6O. The summed E-state index contributed by atoms with van der Waals surface area (Å²) >= 11 is 0. The summed E-state index contributed by atoms with van der Waals surface area (Å²) in [6.45, 7) is 6.79. The van der Waals surface area contributed by atoms with E-state index in [1.54, 1.807) is 0 Å². The highest BCUT2D eigenvalue weighted by atomic mass is 16.5. The Morgan fingerprint density at radius 3 is 1.72 bits per heavy atom. The molecule has 0 amide bonds. The van der Waals surface area contributed by atoms with Gasteiger partial charge in [0.15, 0.2) is 0 Å². The first-order valence-corrected chi connectivity index (χ1v) is 22.8. The molecule has 0 unspecified atom stereocenters. The maximum Gasteiger partial charge on any atom is 0.268 e. The van der Waals surface area contributed by atoms with Crippen molar-refractivity contribution in [1.82, 2.24) is 23.3 Å². The minimum Gasteiger partial charge on any atom is -0.458 e. The van der Waals surface area contributed by atoms with Gasteiger partial charge in [-0.15, -0.1) is 0 Å². The van der Waals surface area contributed by atoms with Crippen LogP contribution in [-0.4, -0.2) is 23.3 Å². The van der Waals surface area contributed by atoms with Gasteiger partial charge < -0.3 is 13.9 Å². The molecule has 0 atom stereocenters. The Hall–Kier alpha value is -8.68.